The van der Waals surface area contributed by atoms with Crippen LogP contribution in [0, 0.1) is 18.8 Å². The van der Waals surface area contributed by atoms with Crippen molar-refractivity contribution in [3.63, 3.8) is 0 Å². The van der Waals surface area contributed by atoms with E-state index >= 15 is 0 Å². The van der Waals surface area contributed by atoms with Gasteiger partial charge in [0.05, 0.1) is 10.7 Å². The van der Waals surface area contributed by atoms with E-state index < -0.39 is 0 Å². The van der Waals surface area contributed by atoms with Gasteiger partial charge in [0.25, 0.3) is 0 Å². The largest absolute Gasteiger partial charge is 0.311 e. The highest BCUT2D eigenvalue weighted by Crippen LogP contribution is 2.36. The number of nitrogens with zero attached hydrogens (tertiary/aromatic N) is 1. The molecule has 72 valence electrons. The Morgan fingerprint density at radius 3 is 3.00 bits per heavy atom. The molecule has 0 amide bonds. The Morgan fingerprint density at radius 2 is 2.46 bits per heavy atom. The summed E-state index contributed by atoms with van der Waals surface area (Å²) in [6, 6.07) is 0. The molecule has 2 unspecified atom stereocenters. The lowest BCUT2D eigenvalue weighted by Gasteiger charge is -1.99. The lowest BCUT2D eigenvalue weighted by atomic mass is 10.3. The van der Waals surface area contributed by atoms with Gasteiger partial charge in [-0.3, -0.25) is 0 Å². The highest BCUT2D eigenvalue weighted by Gasteiger charge is 2.31. The van der Waals surface area contributed by atoms with Crippen molar-refractivity contribution in [3.8, 4) is 0 Å². The van der Waals surface area contributed by atoms with Gasteiger partial charge in [-0.15, -0.1) is 11.3 Å². The Hall–Kier alpha value is -0.410. The average Bonchev–Trinajstić information content (AvgIpc) is 2.60. The molecule has 13 heavy (non-hydrogen) atoms. The minimum Gasteiger partial charge on any atom is -0.311 e. The lowest BCUT2D eigenvalue weighted by Crippen LogP contribution is -2.16. The molecule has 1 N–H and O–H groups in total. The third-order valence-corrected chi connectivity index (χ3v) is 3.48. The number of aromatic nitrogens is 1. The molecule has 1 aliphatic carbocycles. The summed E-state index contributed by atoms with van der Waals surface area (Å²) < 4.78 is 0. The summed E-state index contributed by atoms with van der Waals surface area (Å²) in [5, 5.41) is 6.75. The quantitative estimate of drug-likeness (QED) is 0.798. The van der Waals surface area contributed by atoms with E-state index in [4.69, 9.17) is 0 Å². The molecule has 1 fully saturated rings. The minimum atomic E-state index is 0.930. The first kappa shape index (κ1) is 9.16. The summed E-state index contributed by atoms with van der Waals surface area (Å²) in [5.74, 6) is 1.88. The van der Waals surface area contributed by atoms with Crippen LogP contribution in [0.5, 0.6) is 0 Å². The summed E-state index contributed by atoms with van der Waals surface area (Å²) in [7, 11) is 0. The third kappa shape index (κ3) is 2.51. The Balaban J connectivity index is 1.68. The van der Waals surface area contributed by atoms with E-state index in [0.29, 0.717) is 0 Å². The van der Waals surface area contributed by atoms with Gasteiger partial charge in [0.1, 0.15) is 0 Å². The number of hydrogen-bond acceptors (Lipinski definition) is 3. The molecule has 2 atom stereocenters. The van der Waals surface area contributed by atoms with E-state index in [1.807, 2.05) is 0 Å². The molecule has 1 aromatic heterocycles. The van der Waals surface area contributed by atoms with Crippen LogP contribution >= 0.6 is 11.3 Å². The van der Waals surface area contributed by atoms with Crippen LogP contribution in [0.4, 0.5) is 0 Å². The Labute approximate surface area is 83.4 Å². The van der Waals surface area contributed by atoms with Crippen LogP contribution in [0.25, 0.3) is 0 Å². The standard InChI is InChI=1S/C10H16N2S/c1-7-3-9(7)4-11-5-10-6-13-8(2)12-10/h6-7,9,11H,3-5H2,1-2H3. The van der Waals surface area contributed by atoms with E-state index in [1.165, 1.54) is 12.1 Å². The predicted molar refractivity (Wildman–Crippen MR) is 55.8 cm³/mol. The van der Waals surface area contributed by atoms with Crippen molar-refractivity contribution in [1.82, 2.24) is 10.3 Å². The van der Waals surface area contributed by atoms with E-state index in [0.717, 1.165) is 29.9 Å². The number of rotatable bonds is 4. The van der Waals surface area contributed by atoms with E-state index in [-0.39, 0.29) is 0 Å². The molecule has 2 nitrogen and oxygen atoms in total. The second-order valence-electron chi connectivity index (χ2n) is 3.96. The van der Waals surface area contributed by atoms with Crippen LogP contribution < -0.4 is 5.32 Å². The van der Waals surface area contributed by atoms with Crippen molar-refractivity contribution < 1.29 is 0 Å². The summed E-state index contributed by atoms with van der Waals surface area (Å²) in [5.41, 5.74) is 1.19. The maximum absolute atomic E-state index is 4.40. The van der Waals surface area contributed by atoms with E-state index in [1.54, 1.807) is 11.3 Å². The van der Waals surface area contributed by atoms with E-state index in [9.17, 15) is 0 Å². The van der Waals surface area contributed by atoms with Gasteiger partial charge in [-0.05, 0) is 31.7 Å². The van der Waals surface area contributed by atoms with Gasteiger partial charge in [0.15, 0.2) is 0 Å². The molecule has 1 aliphatic rings. The van der Waals surface area contributed by atoms with Crippen molar-refractivity contribution >= 4 is 11.3 Å². The summed E-state index contributed by atoms with van der Waals surface area (Å²) >= 11 is 1.73. The second-order valence-corrected chi connectivity index (χ2v) is 5.02. The number of aryl methyl sites for hydroxylation is 1. The maximum Gasteiger partial charge on any atom is 0.0897 e. The van der Waals surface area contributed by atoms with Crippen LogP contribution in [0.1, 0.15) is 24.0 Å². The molecular formula is C10H16N2S. The monoisotopic (exact) mass is 196 g/mol. The van der Waals surface area contributed by atoms with Crippen molar-refractivity contribution in [3.05, 3.63) is 16.1 Å². The first-order chi connectivity index (χ1) is 6.25. The summed E-state index contributed by atoms with van der Waals surface area (Å²) in [6.45, 7) is 6.47. The van der Waals surface area contributed by atoms with Gasteiger partial charge in [0.2, 0.25) is 0 Å². The molecule has 2 rings (SSSR count). The van der Waals surface area contributed by atoms with Gasteiger partial charge >= 0.3 is 0 Å². The summed E-state index contributed by atoms with van der Waals surface area (Å²) in [4.78, 5) is 4.40. The van der Waals surface area contributed by atoms with Gasteiger partial charge < -0.3 is 5.32 Å². The molecule has 3 heteroatoms. The number of hydrogen-bond donors (Lipinski definition) is 1. The molecule has 0 aliphatic heterocycles. The van der Waals surface area contributed by atoms with Crippen LogP contribution in [0.3, 0.4) is 0 Å². The Kier molecular flexibility index (Phi) is 2.65. The molecule has 0 spiro atoms. The fourth-order valence-corrected chi connectivity index (χ4v) is 2.17. The average molecular weight is 196 g/mol. The number of thiazole rings is 1. The van der Waals surface area contributed by atoms with Gasteiger partial charge in [-0.2, -0.15) is 0 Å². The Bertz CT molecular complexity index is 282. The molecule has 1 saturated carbocycles. The first-order valence-corrected chi connectivity index (χ1v) is 5.75. The van der Waals surface area contributed by atoms with Crippen molar-refractivity contribution in [2.24, 2.45) is 11.8 Å². The SMILES string of the molecule is Cc1nc(CNCC2CC2C)cs1. The maximum atomic E-state index is 4.40. The lowest BCUT2D eigenvalue weighted by molar-refractivity contribution is 0.606. The van der Waals surface area contributed by atoms with Crippen molar-refractivity contribution in [1.29, 1.82) is 0 Å². The predicted octanol–water partition coefficient (Wildman–Crippen LogP) is 2.20. The van der Waals surface area contributed by atoms with Crippen LogP contribution in [-0.4, -0.2) is 11.5 Å². The highest BCUT2D eigenvalue weighted by molar-refractivity contribution is 7.09. The zero-order valence-corrected chi connectivity index (χ0v) is 9.03. The molecule has 1 aromatic rings. The van der Waals surface area contributed by atoms with Crippen molar-refractivity contribution in [2.75, 3.05) is 6.54 Å². The topological polar surface area (TPSA) is 24.9 Å². The smallest absolute Gasteiger partial charge is 0.0897 e. The van der Waals surface area contributed by atoms with Gasteiger partial charge in [-0.25, -0.2) is 4.98 Å². The number of nitrogens with one attached hydrogen (secondary N) is 1. The second kappa shape index (κ2) is 3.76. The van der Waals surface area contributed by atoms with Crippen LogP contribution in [-0.2, 0) is 6.54 Å². The van der Waals surface area contributed by atoms with Crippen LogP contribution in [0.2, 0.25) is 0 Å². The summed E-state index contributed by atoms with van der Waals surface area (Å²) in [6.07, 6.45) is 1.41. The normalized spacial score (nSPS) is 26.3. The molecule has 0 bridgehead atoms. The third-order valence-electron chi connectivity index (χ3n) is 2.66. The zero-order chi connectivity index (χ0) is 9.26. The zero-order valence-electron chi connectivity index (χ0n) is 8.21. The van der Waals surface area contributed by atoms with Crippen LogP contribution in [0.15, 0.2) is 5.38 Å². The molecule has 1 heterocycles. The van der Waals surface area contributed by atoms with Gasteiger partial charge in [-0.1, -0.05) is 6.92 Å². The first-order valence-electron chi connectivity index (χ1n) is 4.87. The Morgan fingerprint density at radius 1 is 1.69 bits per heavy atom. The fourth-order valence-electron chi connectivity index (χ4n) is 1.56. The van der Waals surface area contributed by atoms with Crippen molar-refractivity contribution in [2.45, 2.75) is 26.8 Å². The van der Waals surface area contributed by atoms with E-state index in [2.05, 4.69) is 29.5 Å². The van der Waals surface area contributed by atoms with Gasteiger partial charge in [0, 0.05) is 11.9 Å². The highest BCUT2D eigenvalue weighted by atomic mass is 32.1. The molecule has 0 radical (unpaired) electrons. The molecule has 0 aromatic carbocycles. The molecular weight excluding hydrogens is 180 g/mol. The molecule has 0 saturated heterocycles. The fraction of sp³-hybridized carbons (Fsp3) is 0.700. The minimum absolute atomic E-state index is 0.930.